The van der Waals surface area contributed by atoms with E-state index in [-0.39, 0.29) is 12.0 Å². The number of methoxy groups -OCH3 is 1. The van der Waals surface area contributed by atoms with E-state index in [4.69, 9.17) is 9.47 Å². The molecule has 0 bridgehead atoms. The van der Waals surface area contributed by atoms with Gasteiger partial charge in [-0.05, 0) is 46.9 Å². The van der Waals surface area contributed by atoms with Crippen LogP contribution in [0.5, 0.6) is 11.8 Å². The molecule has 0 saturated carbocycles. The molecule has 1 amide bonds. The minimum absolute atomic E-state index is 0.0265. The van der Waals surface area contributed by atoms with Crippen LogP contribution in [0.2, 0.25) is 0 Å². The Kier molecular flexibility index (Phi) is 4.94. The van der Waals surface area contributed by atoms with Crippen LogP contribution in [0.25, 0.3) is 0 Å². The summed E-state index contributed by atoms with van der Waals surface area (Å²) in [4.78, 5) is 22.5. The van der Waals surface area contributed by atoms with E-state index in [9.17, 15) is 4.79 Å². The number of hydrogen-bond donors (Lipinski definition) is 0. The van der Waals surface area contributed by atoms with Crippen LogP contribution in [0.3, 0.4) is 0 Å². The Morgan fingerprint density at radius 3 is 2.61 bits per heavy atom. The van der Waals surface area contributed by atoms with Gasteiger partial charge in [0, 0.05) is 34.5 Å². The van der Waals surface area contributed by atoms with E-state index in [1.165, 1.54) is 7.11 Å². The zero-order valence-corrected chi connectivity index (χ0v) is 14.8. The Bertz CT molecular complexity index is 693. The molecular formula is C16H16IN3O3. The van der Waals surface area contributed by atoms with Crippen LogP contribution in [0, 0.1) is 3.57 Å². The molecule has 1 unspecified atom stereocenters. The lowest BCUT2D eigenvalue weighted by Gasteiger charge is -2.17. The van der Waals surface area contributed by atoms with Crippen molar-refractivity contribution in [1.29, 1.82) is 0 Å². The molecule has 23 heavy (non-hydrogen) atoms. The predicted molar refractivity (Wildman–Crippen MR) is 92.7 cm³/mol. The Hall–Kier alpha value is -1.90. The molecule has 7 heteroatoms. The molecule has 0 aliphatic carbocycles. The number of rotatable bonds is 4. The summed E-state index contributed by atoms with van der Waals surface area (Å²) >= 11 is 2.22. The average Bonchev–Trinajstić information content (AvgIpc) is 3.04. The molecule has 0 N–H and O–H groups in total. The molecule has 6 nitrogen and oxygen atoms in total. The van der Waals surface area contributed by atoms with Crippen molar-refractivity contribution in [3.63, 3.8) is 0 Å². The second-order valence-corrected chi connectivity index (χ2v) is 6.40. The number of likely N-dealkylation sites (tertiary alicyclic amines) is 1. The normalized spacial score (nSPS) is 17.1. The third-order valence-corrected chi connectivity index (χ3v) is 4.35. The first-order chi connectivity index (χ1) is 11.2. The van der Waals surface area contributed by atoms with E-state index in [1.54, 1.807) is 17.3 Å². The van der Waals surface area contributed by atoms with Crippen LogP contribution in [0.1, 0.15) is 16.8 Å². The maximum absolute atomic E-state index is 12.5. The SMILES string of the molecule is COc1nccnc1OC1CCN(C(=O)c2ccc(I)cc2)C1. The largest absolute Gasteiger partial charge is 0.477 e. The molecule has 1 aliphatic heterocycles. The fraction of sp³-hybridized carbons (Fsp3) is 0.312. The summed E-state index contributed by atoms with van der Waals surface area (Å²) in [5.74, 6) is 0.747. The number of halogens is 1. The van der Waals surface area contributed by atoms with Crippen molar-refractivity contribution in [3.8, 4) is 11.8 Å². The van der Waals surface area contributed by atoms with Gasteiger partial charge in [0.05, 0.1) is 13.7 Å². The van der Waals surface area contributed by atoms with Crippen molar-refractivity contribution < 1.29 is 14.3 Å². The first-order valence-corrected chi connectivity index (χ1v) is 8.31. The summed E-state index contributed by atoms with van der Waals surface area (Å²) in [6.07, 6.45) is 3.76. The third-order valence-electron chi connectivity index (χ3n) is 3.63. The highest BCUT2D eigenvalue weighted by Crippen LogP contribution is 2.24. The lowest BCUT2D eigenvalue weighted by atomic mass is 10.2. The standard InChI is InChI=1S/C16H16IN3O3/c1-22-14-15(19-8-7-18-14)23-13-6-9-20(10-13)16(21)11-2-4-12(17)5-3-11/h2-5,7-8,13H,6,9-10H2,1H3. The first-order valence-electron chi connectivity index (χ1n) is 7.24. The number of aromatic nitrogens is 2. The minimum Gasteiger partial charge on any atom is -0.477 e. The zero-order chi connectivity index (χ0) is 16.2. The van der Waals surface area contributed by atoms with Crippen LogP contribution in [-0.2, 0) is 0 Å². The van der Waals surface area contributed by atoms with Crippen LogP contribution in [0.4, 0.5) is 0 Å². The summed E-state index contributed by atoms with van der Waals surface area (Å²) in [6, 6.07) is 7.57. The second kappa shape index (κ2) is 7.12. The number of benzene rings is 1. The summed E-state index contributed by atoms with van der Waals surface area (Å²) in [5.41, 5.74) is 0.697. The van der Waals surface area contributed by atoms with Gasteiger partial charge < -0.3 is 14.4 Å². The van der Waals surface area contributed by atoms with Gasteiger partial charge in [-0.3, -0.25) is 4.79 Å². The highest BCUT2D eigenvalue weighted by atomic mass is 127. The molecule has 2 aromatic rings. The van der Waals surface area contributed by atoms with E-state index >= 15 is 0 Å². The van der Waals surface area contributed by atoms with Crippen molar-refractivity contribution in [1.82, 2.24) is 14.9 Å². The van der Waals surface area contributed by atoms with Crippen LogP contribution < -0.4 is 9.47 Å². The summed E-state index contributed by atoms with van der Waals surface area (Å²) in [6.45, 7) is 1.20. The highest BCUT2D eigenvalue weighted by Gasteiger charge is 2.29. The lowest BCUT2D eigenvalue weighted by molar-refractivity contribution is 0.0770. The molecule has 0 radical (unpaired) electrons. The first kappa shape index (κ1) is 16.0. The number of amides is 1. The molecule has 1 aromatic carbocycles. The number of carbonyl (C=O) groups is 1. The van der Waals surface area contributed by atoms with Crippen LogP contribution in [-0.4, -0.2) is 47.1 Å². The number of ether oxygens (including phenoxy) is 2. The molecule has 3 rings (SSSR count). The van der Waals surface area contributed by atoms with Gasteiger partial charge >= 0.3 is 0 Å². The van der Waals surface area contributed by atoms with Gasteiger partial charge in [-0.1, -0.05) is 0 Å². The van der Waals surface area contributed by atoms with Gasteiger partial charge in [0.15, 0.2) is 0 Å². The molecule has 0 spiro atoms. The smallest absolute Gasteiger partial charge is 0.278 e. The third kappa shape index (κ3) is 3.72. The maximum atomic E-state index is 12.5. The topological polar surface area (TPSA) is 64.6 Å². The van der Waals surface area contributed by atoms with E-state index in [2.05, 4.69) is 32.6 Å². The van der Waals surface area contributed by atoms with Crippen molar-refractivity contribution in [2.24, 2.45) is 0 Å². The van der Waals surface area contributed by atoms with E-state index < -0.39 is 0 Å². The molecular weight excluding hydrogens is 409 g/mol. The van der Waals surface area contributed by atoms with Crippen LogP contribution in [0.15, 0.2) is 36.7 Å². The van der Waals surface area contributed by atoms with Gasteiger partial charge in [-0.2, -0.15) is 0 Å². The van der Waals surface area contributed by atoms with Gasteiger partial charge in [-0.15, -0.1) is 0 Å². The van der Waals surface area contributed by atoms with Crippen molar-refractivity contribution in [2.75, 3.05) is 20.2 Å². The van der Waals surface area contributed by atoms with Gasteiger partial charge in [0.1, 0.15) is 6.10 Å². The van der Waals surface area contributed by atoms with Gasteiger partial charge in [-0.25, -0.2) is 9.97 Å². The number of hydrogen-bond acceptors (Lipinski definition) is 5. The maximum Gasteiger partial charge on any atom is 0.278 e. The van der Waals surface area contributed by atoms with Crippen LogP contribution >= 0.6 is 22.6 Å². The summed E-state index contributed by atoms with van der Waals surface area (Å²) in [7, 11) is 1.53. The predicted octanol–water partition coefficient (Wildman–Crippen LogP) is 2.38. The molecule has 120 valence electrons. The monoisotopic (exact) mass is 425 g/mol. The molecule has 1 aliphatic rings. The number of carbonyl (C=O) groups excluding carboxylic acids is 1. The Labute approximate surface area is 148 Å². The van der Waals surface area contributed by atoms with E-state index in [1.807, 2.05) is 24.3 Å². The summed E-state index contributed by atoms with van der Waals surface area (Å²) < 4.78 is 12.1. The van der Waals surface area contributed by atoms with Crippen molar-refractivity contribution in [2.45, 2.75) is 12.5 Å². The zero-order valence-electron chi connectivity index (χ0n) is 12.6. The van der Waals surface area contributed by atoms with Crippen molar-refractivity contribution >= 4 is 28.5 Å². The molecule has 1 saturated heterocycles. The molecule has 1 fully saturated rings. The Balaban J connectivity index is 1.64. The van der Waals surface area contributed by atoms with Crippen molar-refractivity contribution in [3.05, 3.63) is 45.8 Å². The fourth-order valence-electron chi connectivity index (χ4n) is 2.48. The quantitative estimate of drug-likeness (QED) is 0.705. The fourth-order valence-corrected chi connectivity index (χ4v) is 2.83. The summed E-state index contributed by atoms with van der Waals surface area (Å²) in [5, 5.41) is 0. The molecule has 1 aromatic heterocycles. The Morgan fingerprint density at radius 1 is 1.22 bits per heavy atom. The van der Waals surface area contributed by atoms with E-state index in [0.717, 1.165) is 9.99 Å². The molecule has 1 atom stereocenters. The Morgan fingerprint density at radius 2 is 1.91 bits per heavy atom. The lowest BCUT2D eigenvalue weighted by Crippen LogP contribution is -2.31. The molecule has 2 heterocycles. The highest BCUT2D eigenvalue weighted by molar-refractivity contribution is 14.1. The van der Waals surface area contributed by atoms with Gasteiger partial charge in [0.2, 0.25) is 0 Å². The second-order valence-electron chi connectivity index (χ2n) is 5.16. The van der Waals surface area contributed by atoms with Gasteiger partial charge in [0.25, 0.3) is 17.7 Å². The minimum atomic E-state index is -0.103. The van der Waals surface area contributed by atoms with E-state index in [0.29, 0.717) is 30.4 Å². The average molecular weight is 425 g/mol. The number of nitrogens with zero attached hydrogens (tertiary/aromatic N) is 3.